The first-order chi connectivity index (χ1) is 14.8. The molecule has 0 aliphatic rings. The molecule has 10 heteroatoms. The minimum absolute atomic E-state index is 0.251. The zero-order valence-electron chi connectivity index (χ0n) is 17.0. The van der Waals surface area contributed by atoms with Crippen molar-refractivity contribution in [1.82, 2.24) is 9.66 Å². The van der Waals surface area contributed by atoms with Crippen LogP contribution in [0.15, 0.2) is 49.2 Å². The number of aryl methyl sites for hydroxylation is 1. The van der Waals surface area contributed by atoms with E-state index in [0.717, 1.165) is 4.47 Å². The van der Waals surface area contributed by atoms with Gasteiger partial charge in [-0.15, -0.1) is 0 Å². The number of carbonyl (C=O) groups excluding carboxylic acids is 1. The number of aromatic nitrogens is 2. The van der Waals surface area contributed by atoms with Crippen LogP contribution in [0, 0.1) is 6.92 Å². The molecule has 31 heavy (non-hydrogen) atoms. The number of rotatable bonds is 7. The molecule has 0 saturated heterocycles. The van der Waals surface area contributed by atoms with Gasteiger partial charge < -0.3 is 14.2 Å². The summed E-state index contributed by atoms with van der Waals surface area (Å²) in [5.41, 5.74) is 0.770. The minimum atomic E-state index is -0.508. The van der Waals surface area contributed by atoms with Gasteiger partial charge in [-0.2, -0.15) is 9.78 Å². The number of esters is 1. The Bertz CT molecular complexity index is 1220. The normalized spacial score (nSPS) is 11.1. The van der Waals surface area contributed by atoms with Crippen molar-refractivity contribution in [1.29, 1.82) is 0 Å². The third kappa shape index (κ3) is 5.31. The molecule has 3 rings (SSSR count). The van der Waals surface area contributed by atoms with E-state index in [0.29, 0.717) is 38.3 Å². The fraction of sp³-hybridized carbons (Fsp3) is 0.238. The van der Waals surface area contributed by atoms with Crippen LogP contribution in [0.5, 0.6) is 11.5 Å². The molecule has 1 heterocycles. The van der Waals surface area contributed by atoms with Crippen molar-refractivity contribution < 1.29 is 19.0 Å². The molecule has 0 aliphatic heterocycles. The van der Waals surface area contributed by atoms with Crippen LogP contribution in [0.4, 0.5) is 0 Å². The van der Waals surface area contributed by atoms with E-state index in [2.05, 4.69) is 41.9 Å². The second kappa shape index (κ2) is 10.1. The van der Waals surface area contributed by atoms with Crippen LogP contribution >= 0.6 is 31.9 Å². The minimum Gasteiger partial charge on any atom is -0.493 e. The van der Waals surface area contributed by atoms with Crippen molar-refractivity contribution in [3.63, 3.8) is 0 Å². The number of fused-ring (bicyclic) bond motifs is 1. The van der Waals surface area contributed by atoms with E-state index in [1.807, 2.05) is 6.07 Å². The highest BCUT2D eigenvalue weighted by molar-refractivity contribution is 9.10. The van der Waals surface area contributed by atoms with Crippen LogP contribution in [0.1, 0.15) is 18.3 Å². The van der Waals surface area contributed by atoms with Gasteiger partial charge in [-0.05, 0) is 44.2 Å². The number of hydrogen-bond acceptors (Lipinski definition) is 7. The van der Waals surface area contributed by atoms with E-state index < -0.39 is 5.97 Å². The number of nitrogens with zero attached hydrogens (tertiary/aromatic N) is 3. The largest absolute Gasteiger partial charge is 0.493 e. The fourth-order valence-corrected chi connectivity index (χ4v) is 3.66. The topological polar surface area (TPSA) is 92.0 Å². The zero-order chi connectivity index (χ0) is 22.5. The Morgan fingerprint density at radius 2 is 2.00 bits per heavy atom. The van der Waals surface area contributed by atoms with Gasteiger partial charge in [-0.3, -0.25) is 4.79 Å². The van der Waals surface area contributed by atoms with Gasteiger partial charge in [0.25, 0.3) is 5.56 Å². The van der Waals surface area contributed by atoms with Crippen molar-refractivity contribution in [3.8, 4) is 11.5 Å². The molecule has 0 N–H and O–H groups in total. The van der Waals surface area contributed by atoms with Crippen LogP contribution in [0.25, 0.3) is 10.9 Å². The molecule has 0 radical (unpaired) electrons. The summed E-state index contributed by atoms with van der Waals surface area (Å²) in [4.78, 5) is 29.1. The Morgan fingerprint density at radius 3 is 2.71 bits per heavy atom. The van der Waals surface area contributed by atoms with E-state index in [1.54, 1.807) is 38.1 Å². The Hall–Kier alpha value is -2.72. The highest BCUT2D eigenvalue weighted by Gasteiger charge is 2.15. The lowest BCUT2D eigenvalue weighted by atomic mass is 10.2. The molecule has 8 nitrogen and oxygen atoms in total. The van der Waals surface area contributed by atoms with Gasteiger partial charge in [0, 0.05) is 14.5 Å². The quantitative estimate of drug-likeness (QED) is 0.324. The Kier molecular flexibility index (Phi) is 7.45. The van der Waals surface area contributed by atoms with E-state index in [1.165, 1.54) is 18.0 Å². The van der Waals surface area contributed by atoms with Gasteiger partial charge in [0.1, 0.15) is 5.82 Å². The van der Waals surface area contributed by atoms with Crippen LogP contribution in [0.3, 0.4) is 0 Å². The number of benzene rings is 2. The molecule has 0 aliphatic carbocycles. The van der Waals surface area contributed by atoms with Gasteiger partial charge in [-0.25, -0.2) is 9.78 Å². The lowest BCUT2D eigenvalue weighted by Crippen LogP contribution is -2.20. The van der Waals surface area contributed by atoms with E-state index in [4.69, 9.17) is 14.2 Å². The molecule has 0 saturated carbocycles. The SMILES string of the molecule is CCOC(=O)COc1c(C=Nn2c(C)nc3ccc(Br)cc3c2=O)cc(Br)cc1OC. The maximum Gasteiger partial charge on any atom is 0.344 e. The molecular formula is C21H19Br2N3O5. The summed E-state index contributed by atoms with van der Waals surface area (Å²) in [6.45, 7) is 3.37. The number of hydrogen-bond donors (Lipinski definition) is 0. The summed E-state index contributed by atoms with van der Waals surface area (Å²) in [6.07, 6.45) is 1.45. The van der Waals surface area contributed by atoms with E-state index in [9.17, 15) is 9.59 Å². The maximum absolute atomic E-state index is 12.9. The zero-order valence-corrected chi connectivity index (χ0v) is 20.2. The number of ether oxygens (including phenoxy) is 3. The molecular weight excluding hydrogens is 534 g/mol. The number of carbonyl (C=O) groups is 1. The first-order valence-corrected chi connectivity index (χ1v) is 10.8. The van der Waals surface area contributed by atoms with Crippen molar-refractivity contribution in [2.45, 2.75) is 13.8 Å². The van der Waals surface area contributed by atoms with E-state index >= 15 is 0 Å². The maximum atomic E-state index is 12.9. The van der Waals surface area contributed by atoms with Gasteiger partial charge in [0.05, 0.1) is 30.8 Å². The van der Waals surface area contributed by atoms with Crippen LogP contribution in [0.2, 0.25) is 0 Å². The molecule has 162 valence electrons. The molecule has 0 bridgehead atoms. The third-order valence-corrected chi connectivity index (χ3v) is 5.14. The predicted molar refractivity (Wildman–Crippen MR) is 124 cm³/mol. The second-order valence-electron chi connectivity index (χ2n) is 6.30. The second-order valence-corrected chi connectivity index (χ2v) is 8.13. The molecule has 2 aromatic carbocycles. The summed E-state index contributed by atoms with van der Waals surface area (Å²) < 4.78 is 18.6. The number of halogens is 2. The molecule has 1 aromatic heterocycles. The van der Waals surface area contributed by atoms with Crippen LogP contribution in [-0.4, -0.2) is 42.2 Å². The first kappa shape index (κ1) is 23.0. The number of methoxy groups -OCH3 is 1. The first-order valence-electron chi connectivity index (χ1n) is 9.23. The van der Waals surface area contributed by atoms with E-state index in [-0.39, 0.29) is 18.8 Å². The molecule has 0 atom stereocenters. The predicted octanol–water partition coefficient (Wildman–Crippen LogP) is 4.06. The summed E-state index contributed by atoms with van der Waals surface area (Å²) in [5.74, 6) is 0.605. The summed E-state index contributed by atoms with van der Waals surface area (Å²) in [5, 5.41) is 4.76. The van der Waals surface area contributed by atoms with Gasteiger partial charge in [0.15, 0.2) is 18.1 Å². The standard InChI is InChI=1S/C21H19Br2N3O5/c1-4-30-19(27)11-31-20-13(7-15(23)9-18(20)29-3)10-24-26-12(2)25-17-6-5-14(22)8-16(17)21(26)28/h5-10H,4,11H2,1-3H3. The third-order valence-electron chi connectivity index (χ3n) is 4.19. The van der Waals surface area contributed by atoms with Crippen molar-refractivity contribution in [3.05, 3.63) is 61.0 Å². The summed E-state index contributed by atoms with van der Waals surface area (Å²) in [7, 11) is 1.49. The Balaban J connectivity index is 2.04. The molecule has 0 amide bonds. The molecule has 3 aromatic rings. The highest BCUT2D eigenvalue weighted by Crippen LogP contribution is 2.34. The average molecular weight is 553 g/mol. The Morgan fingerprint density at radius 1 is 1.23 bits per heavy atom. The van der Waals surface area contributed by atoms with Gasteiger partial charge in [-0.1, -0.05) is 31.9 Å². The Labute approximate surface area is 195 Å². The average Bonchev–Trinajstić information content (AvgIpc) is 2.73. The lowest BCUT2D eigenvalue weighted by molar-refractivity contribution is -0.145. The van der Waals surface area contributed by atoms with Gasteiger partial charge >= 0.3 is 5.97 Å². The summed E-state index contributed by atoms with van der Waals surface area (Å²) in [6, 6.07) is 8.72. The van der Waals surface area contributed by atoms with Crippen molar-refractivity contribution in [2.75, 3.05) is 20.3 Å². The van der Waals surface area contributed by atoms with Crippen LogP contribution < -0.4 is 15.0 Å². The monoisotopic (exact) mass is 551 g/mol. The molecule has 0 spiro atoms. The summed E-state index contributed by atoms with van der Waals surface area (Å²) >= 11 is 6.78. The highest BCUT2D eigenvalue weighted by atomic mass is 79.9. The fourth-order valence-electron chi connectivity index (χ4n) is 2.84. The smallest absolute Gasteiger partial charge is 0.344 e. The molecule has 0 fully saturated rings. The van der Waals surface area contributed by atoms with Crippen molar-refractivity contribution in [2.24, 2.45) is 5.10 Å². The molecule has 0 unspecified atom stereocenters. The van der Waals surface area contributed by atoms with Crippen LogP contribution in [-0.2, 0) is 9.53 Å². The van der Waals surface area contributed by atoms with Gasteiger partial charge in [0.2, 0.25) is 0 Å². The lowest BCUT2D eigenvalue weighted by Gasteiger charge is -2.13. The van der Waals surface area contributed by atoms with Crippen molar-refractivity contribution >= 4 is 54.9 Å².